The predicted molar refractivity (Wildman–Crippen MR) is 57.6 cm³/mol. The molecule has 1 aromatic rings. The van der Waals surface area contributed by atoms with Gasteiger partial charge in [-0.25, -0.2) is 0 Å². The van der Waals surface area contributed by atoms with Crippen molar-refractivity contribution in [2.75, 3.05) is 0 Å². The van der Waals surface area contributed by atoms with Gasteiger partial charge in [0.1, 0.15) is 0 Å². The molecule has 0 spiro atoms. The monoisotopic (exact) mass is 199 g/mol. The third kappa shape index (κ3) is 1.72. The van der Waals surface area contributed by atoms with Crippen LogP contribution in [0.4, 0.5) is 0 Å². The van der Waals surface area contributed by atoms with E-state index >= 15 is 0 Å². The summed E-state index contributed by atoms with van der Waals surface area (Å²) in [7, 11) is 0. The Bertz CT molecular complexity index is 328. The smallest absolute Gasteiger partial charge is 0.0574 e. The molecule has 0 aliphatic carbocycles. The number of nitrogens with one attached hydrogen (secondary N) is 1. The number of H-pyrrole nitrogens is 1. The van der Waals surface area contributed by atoms with E-state index in [4.69, 9.17) is 12.2 Å². The second kappa shape index (κ2) is 4.10. The zero-order valence-electron chi connectivity index (χ0n) is 7.35. The van der Waals surface area contributed by atoms with Crippen molar-refractivity contribution in [3.63, 3.8) is 0 Å². The fourth-order valence-corrected chi connectivity index (χ4v) is 1.82. The fourth-order valence-electron chi connectivity index (χ4n) is 1.29. The largest absolute Gasteiger partial charge is 0.364 e. The number of pyridine rings is 1. The number of aromatic amines is 1. The summed E-state index contributed by atoms with van der Waals surface area (Å²) in [6, 6.07) is 0. The summed E-state index contributed by atoms with van der Waals surface area (Å²) in [5.41, 5.74) is 2.47. The Balaban J connectivity index is 3.36. The van der Waals surface area contributed by atoms with Gasteiger partial charge in [-0.15, -0.1) is 12.6 Å². The first-order valence-electron chi connectivity index (χ1n) is 4.13. The van der Waals surface area contributed by atoms with Crippen LogP contribution in [0.15, 0.2) is 11.1 Å². The van der Waals surface area contributed by atoms with Gasteiger partial charge in [0.15, 0.2) is 0 Å². The average molecular weight is 199 g/mol. The van der Waals surface area contributed by atoms with Gasteiger partial charge in [-0.2, -0.15) is 0 Å². The minimum absolute atomic E-state index is 0.874. The van der Waals surface area contributed by atoms with Crippen LogP contribution in [0, 0.1) is 4.51 Å². The molecule has 0 saturated carbocycles. The van der Waals surface area contributed by atoms with Crippen LogP contribution in [0.25, 0.3) is 0 Å². The van der Waals surface area contributed by atoms with Gasteiger partial charge in [-0.1, -0.05) is 26.1 Å². The molecule has 0 aromatic carbocycles. The highest BCUT2D eigenvalue weighted by molar-refractivity contribution is 7.81. The highest BCUT2D eigenvalue weighted by Gasteiger charge is 2.02. The Morgan fingerprint density at radius 3 is 2.58 bits per heavy atom. The van der Waals surface area contributed by atoms with Gasteiger partial charge in [0, 0.05) is 16.8 Å². The van der Waals surface area contributed by atoms with Crippen LogP contribution in [-0.2, 0) is 12.8 Å². The van der Waals surface area contributed by atoms with Crippen LogP contribution < -0.4 is 0 Å². The minimum atomic E-state index is 0.874. The first kappa shape index (κ1) is 9.81. The van der Waals surface area contributed by atoms with E-state index in [1.54, 1.807) is 0 Å². The van der Waals surface area contributed by atoms with Gasteiger partial charge in [0.05, 0.1) is 4.51 Å². The van der Waals surface area contributed by atoms with Gasteiger partial charge in [-0.3, -0.25) is 0 Å². The van der Waals surface area contributed by atoms with Crippen molar-refractivity contribution >= 4 is 24.8 Å². The van der Waals surface area contributed by atoms with Crippen LogP contribution in [-0.4, -0.2) is 4.98 Å². The van der Waals surface area contributed by atoms with Crippen LogP contribution in [0.5, 0.6) is 0 Å². The zero-order valence-corrected chi connectivity index (χ0v) is 9.06. The molecular formula is C9H13NS2. The van der Waals surface area contributed by atoms with Gasteiger partial charge in [0.25, 0.3) is 0 Å². The summed E-state index contributed by atoms with van der Waals surface area (Å²) in [4.78, 5) is 4.08. The van der Waals surface area contributed by atoms with E-state index in [0.29, 0.717) is 0 Å². The Morgan fingerprint density at radius 2 is 2.08 bits per heavy atom. The summed E-state index contributed by atoms with van der Waals surface area (Å²) < 4.78 is 0.899. The first-order chi connectivity index (χ1) is 5.70. The van der Waals surface area contributed by atoms with Crippen LogP contribution >= 0.6 is 24.8 Å². The average Bonchev–Trinajstić information content (AvgIpc) is 2.09. The Labute approximate surface area is 83.6 Å². The summed E-state index contributed by atoms with van der Waals surface area (Å²) >= 11 is 9.52. The molecule has 1 rings (SSSR count). The molecule has 0 unspecified atom stereocenters. The second-order valence-corrected chi connectivity index (χ2v) is 3.56. The number of aryl methyl sites for hydroxylation is 1. The normalized spacial score (nSPS) is 10.2. The first-order valence-corrected chi connectivity index (χ1v) is 4.98. The molecule has 1 nitrogen and oxygen atoms in total. The maximum Gasteiger partial charge on any atom is 0.0574 e. The van der Waals surface area contributed by atoms with Crippen molar-refractivity contribution in [3.8, 4) is 0 Å². The lowest BCUT2D eigenvalue weighted by Gasteiger charge is -2.06. The van der Waals surface area contributed by atoms with Crippen LogP contribution in [0.2, 0.25) is 0 Å². The van der Waals surface area contributed by atoms with E-state index in [9.17, 15) is 0 Å². The summed E-state index contributed by atoms with van der Waals surface area (Å²) in [6.07, 6.45) is 3.84. The maximum absolute atomic E-state index is 5.25. The molecule has 1 N–H and O–H groups in total. The summed E-state index contributed by atoms with van der Waals surface area (Å²) in [5, 5.41) is 0. The predicted octanol–water partition coefficient (Wildman–Crippen LogP) is 3.16. The third-order valence-electron chi connectivity index (χ3n) is 1.96. The van der Waals surface area contributed by atoms with Gasteiger partial charge >= 0.3 is 0 Å². The molecule has 0 atom stereocenters. The number of rotatable bonds is 2. The topological polar surface area (TPSA) is 15.8 Å². The zero-order chi connectivity index (χ0) is 9.14. The molecule has 3 heteroatoms. The molecule has 12 heavy (non-hydrogen) atoms. The van der Waals surface area contributed by atoms with E-state index < -0.39 is 0 Å². The van der Waals surface area contributed by atoms with E-state index in [2.05, 4.69) is 31.5 Å². The number of hydrogen-bond donors (Lipinski definition) is 2. The third-order valence-corrected chi connectivity index (χ3v) is 2.93. The molecule has 0 saturated heterocycles. The number of hydrogen-bond acceptors (Lipinski definition) is 2. The Kier molecular flexibility index (Phi) is 3.35. The van der Waals surface area contributed by atoms with E-state index in [1.165, 1.54) is 11.3 Å². The molecule has 1 aromatic heterocycles. The van der Waals surface area contributed by atoms with Crippen molar-refractivity contribution < 1.29 is 0 Å². The molecule has 0 aliphatic heterocycles. The van der Waals surface area contributed by atoms with Crippen molar-refractivity contribution in [3.05, 3.63) is 22.0 Å². The van der Waals surface area contributed by atoms with Crippen molar-refractivity contribution in [2.45, 2.75) is 31.6 Å². The molecule has 0 fully saturated rings. The lowest BCUT2D eigenvalue weighted by Crippen LogP contribution is -1.96. The van der Waals surface area contributed by atoms with Crippen molar-refractivity contribution in [1.82, 2.24) is 4.98 Å². The maximum atomic E-state index is 5.25. The van der Waals surface area contributed by atoms with Gasteiger partial charge < -0.3 is 4.98 Å². The summed E-state index contributed by atoms with van der Waals surface area (Å²) in [6.45, 7) is 4.24. The molecule has 1 heterocycles. The highest BCUT2D eigenvalue weighted by Crippen LogP contribution is 2.16. The molecule has 0 amide bonds. The number of thiol groups is 1. The fraction of sp³-hybridized carbons (Fsp3) is 0.444. The lowest BCUT2D eigenvalue weighted by atomic mass is 10.1. The molecule has 66 valence electrons. The van der Waals surface area contributed by atoms with E-state index in [1.807, 2.05) is 6.20 Å². The van der Waals surface area contributed by atoms with Gasteiger partial charge in [0.2, 0.25) is 0 Å². The van der Waals surface area contributed by atoms with Crippen molar-refractivity contribution in [1.29, 1.82) is 0 Å². The van der Waals surface area contributed by atoms with Crippen LogP contribution in [0.1, 0.15) is 25.1 Å². The standard InChI is InChI=1S/C9H13NS2/c1-3-6-7(4-2)10-5-8(11)9(6)12/h5,11H,3-4H2,1-2H3,(H,10,12). The SMILES string of the molecule is CCc1[nH]cc(S)c(=S)c1CC. The van der Waals surface area contributed by atoms with E-state index in [-0.39, 0.29) is 0 Å². The minimum Gasteiger partial charge on any atom is -0.364 e. The van der Waals surface area contributed by atoms with Crippen molar-refractivity contribution in [2.24, 2.45) is 0 Å². The molecule has 0 aliphatic rings. The molecule has 0 bridgehead atoms. The lowest BCUT2D eigenvalue weighted by molar-refractivity contribution is 0.940. The Hall–Kier alpha value is -0.280. The van der Waals surface area contributed by atoms with Gasteiger partial charge in [-0.05, 0) is 18.4 Å². The van der Waals surface area contributed by atoms with E-state index in [0.717, 1.165) is 22.2 Å². The van der Waals surface area contributed by atoms with Crippen LogP contribution in [0.3, 0.4) is 0 Å². The highest BCUT2D eigenvalue weighted by atomic mass is 32.1. The molecule has 0 radical (unpaired) electrons. The second-order valence-electron chi connectivity index (χ2n) is 2.67. The summed E-state index contributed by atoms with van der Waals surface area (Å²) in [5.74, 6) is 0. The molecular weight excluding hydrogens is 186 g/mol. The number of aromatic nitrogens is 1. The quantitative estimate of drug-likeness (QED) is 0.552. The Morgan fingerprint density at radius 1 is 1.42 bits per heavy atom.